The maximum atomic E-state index is 5.63. The molecule has 0 aliphatic heterocycles. The molecule has 2 heteroatoms. The average molecular weight is 202 g/mol. The molecule has 0 radical (unpaired) electrons. The lowest BCUT2D eigenvalue weighted by molar-refractivity contribution is 0.211. The van der Waals surface area contributed by atoms with Crippen molar-refractivity contribution in [1.82, 2.24) is 0 Å². The van der Waals surface area contributed by atoms with E-state index < -0.39 is 0 Å². The van der Waals surface area contributed by atoms with Crippen molar-refractivity contribution < 1.29 is 4.18 Å². The molecule has 0 heterocycles. The summed E-state index contributed by atoms with van der Waals surface area (Å²) in [7, 11) is 0. The van der Waals surface area contributed by atoms with Gasteiger partial charge in [0.25, 0.3) is 0 Å². The van der Waals surface area contributed by atoms with Gasteiger partial charge in [0.15, 0.2) is 0 Å². The summed E-state index contributed by atoms with van der Waals surface area (Å²) in [5.74, 6) is 0.938. The van der Waals surface area contributed by atoms with Crippen LogP contribution in [0.5, 0.6) is 0 Å². The lowest BCUT2D eigenvalue weighted by atomic mass is 9.99. The van der Waals surface area contributed by atoms with Crippen molar-refractivity contribution in [3.63, 3.8) is 0 Å². The van der Waals surface area contributed by atoms with Gasteiger partial charge >= 0.3 is 0 Å². The van der Waals surface area contributed by atoms with E-state index in [2.05, 4.69) is 6.92 Å². The second kappa shape index (κ2) is 6.72. The van der Waals surface area contributed by atoms with Crippen LogP contribution in [0.2, 0.25) is 0 Å². The molecule has 0 saturated heterocycles. The average Bonchev–Trinajstić information content (AvgIpc) is 2.20. The van der Waals surface area contributed by atoms with Crippen LogP contribution >= 0.6 is 12.0 Å². The van der Waals surface area contributed by atoms with Crippen LogP contribution in [-0.2, 0) is 4.18 Å². The Bertz CT molecular complexity index is 127. The maximum absolute atomic E-state index is 5.63. The normalized spacial score (nSPS) is 31.8. The Morgan fingerprint density at radius 2 is 1.62 bits per heavy atom. The van der Waals surface area contributed by atoms with Crippen LogP contribution in [0.4, 0.5) is 0 Å². The second-order valence-corrected chi connectivity index (χ2v) is 4.73. The molecule has 1 nitrogen and oxygen atoms in total. The van der Waals surface area contributed by atoms with E-state index in [9.17, 15) is 0 Å². The molecule has 0 N–H and O–H groups in total. The molecule has 0 amide bonds. The summed E-state index contributed by atoms with van der Waals surface area (Å²) < 4.78 is 5.63. The van der Waals surface area contributed by atoms with Crippen molar-refractivity contribution in [3.05, 3.63) is 0 Å². The van der Waals surface area contributed by atoms with Gasteiger partial charge in [-0.3, -0.25) is 0 Å². The number of hydrogen-bond donors (Lipinski definition) is 0. The largest absolute Gasteiger partial charge is 0.312 e. The van der Waals surface area contributed by atoms with Crippen molar-refractivity contribution >= 4 is 12.0 Å². The van der Waals surface area contributed by atoms with E-state index in [1.54, 1.807) is 0 Å². The van der Waals surface area contributed by atoms with Crippen LogP contribution < -0.4 is 0 Å². The monoisotopic (exact) mass is 202 g/mol. The molecule has 1 saturated carbocycles. The molecule has 0 spiro atoms. The Hall–Kier alpha value is 0.310. The summed E-state index contributed by atoms with van der Waals surface area (Å²) in [6.45, 7) is 2.38. The highest BCUT2D eigenvalue weighted by Crippen LogP contribution is 2.24. The van der Waals surface area contributed by atoms with Crippen LogP contribution in [0.3, 0.4) is 0 Å². The third-order valence-electron chi connectivity index (χ3n) is 2.93. The third-order valence-corrected chi connectivity index (χ3v) is 3.39. The van der Waals surface area contributed by atoms with Gasteiger partial charge in [-0.2, -0.15) is 0 Å². The molecule has 78 valence electrons. The molecule has 1 rings (SSSR count). The van der Waals surface area contributed by atoms with E-state index in [0.29, 0.717) is 6.10 Å². The van der Waals surface area contributed by atoms with Gasteiger partial charge in [0, 0.05) is 6.26 Å². The molecular formula is C11H22OS. The minimum atomic E-state index is 0.528. The molecule has 0 aromatic rings. The SMILES string of the molecule is CSOC1CCCCC(C)CCC1. The maximum Gasteiger partial charge on any atom is 0.0722 e. The molecule has 0 bridgehead atoms. The Morgan fingerprint density at radius 3 is 2.38 bits per heavy atom. The minimum Gasteiger partial charge on any atom is -0.312 e. The highest BCUT2D eigenvalue weighted by molar-refractivity contribution is 7.93. The zero-order valence-corrected chi connectivity index (χ0v) is 9.74. The lowest BCUT2D eigenvalue weighted by Crippen LogP contribution is -2.08. The fourth-order valence-electron chi connectivity index (χ4n) is 2.08. The Morgan fingerprint density at radius 1 is 1.00 bits per heavy atom. The highest BCUT2D eigenvalue weighted by atomic mass is 32.2. The quantitative estimate of drug-likeness (QED) is 0.625. The van der Waals surface area contributed by atoms with Crippen molar-refractivity contribution in [2.24, 2.45) is 5.92 Å². The highest BCUT2D eigenvalue weighted by Gasteiger charge is 2.13. The predicted octanol–water partition coefficient (Wildman–Crippen LogP) is 4.03. The van der Waals surface area contributed by atoms with Crippen LogP contribution in [0.15, 0.2) is 0 Å². The summed E-state index contributed by atoms with van der Waals surface area (Å²) in [4.78, 5) is 0. The van der Waals surface area contributed by atoms with Gasteiger partial charge < -0.3 is 4.18 Å². The van der Waals surface area contributed by atoms with Crippen molar-refractivity contribution in [3.8, 4) is 0 Å². The van der Waals surface area contributed by atoms with Crippen LogP contribution in [0.25, 0.3) is 0 Å². The van der Waals surface area contributed by atoms with E-state index >= 15 is 0 Å². The Labute approximate surface area is 86.8 Å². The van der Waals surface area contributed by atoms with E-state index in [4.69, 9.17) is 4.18 Å². The van der Waals surface area contributed by atoms with Gasteiger partial charge in [0.2, 0.25) is 0 Å². The zero-order valence-electron chi connectivity index (χ0n) is 8.92. The molecule has 2 unspecified atom stereocenters. The van der Waals surface area contributed by atoms with Crippen LogP contribution in [0, 0.1) is 5.92 Å². The molecule has 2 atom stereocenters. The molecule has 1 aliphatic rings. The molecule has 1 aliphatic carbocycles. The van der Waals surface area contributed by atoms with Gasteiger partial charge in [0.1, 0.15) is 0 Å². The number of rotatable bonds is 2. The first-order valence-corrected chi connectivity index (χ1v) is 6.67. The summed E-state index contributed by atoms with van der Waals surface area (Å²) >= 11 is 1.53. The van der Waals surface area contributed by atoms with Gasteiger partial charge in [-0.25, -0.2) is 0 Å². The fourth-order valence-corrected chi connectivity index (χ4v) is 2.54. The van der Waals surface area contributed by atoms with Crippen molar-refractivity contribution in [1.29, 1.82) is 0 Å². The van der Waals surface area contributed by atoms with Gasteiger partial charge in [-0.15, -0.1) is 0 Å². The minimum absolute atomic E-state index is 0.528. The van der Waals surface area contributed by atoms with E-state index in [-0.39, 0.29) is 0 Å². The molecule has 0 aromatic heterocycles. The van der Waals surface area contributed by atoms with Gasteiger partial charge in [-0.05, 0) is 30.8 Å². The lowest BCUT2D eigenvalue weighted by Gasteiger charge is -2.13. The molecule has 0 aromatic carbocycles. The zero-order chi connectivity index (χ0) is 9.52. The summed E-state index contributed by atoms with van der Waals surface area (Å²) in [5.41, 5.74) is 0. The smallest absolute Gasteiger partial charge is 0.0722 e. The summed E-state index contributed by atoms with van der Waals surface area (Å²) in [6, 6.07) is 0. The fraction of sp³-hybridized carbons (Fsp3) is 1.00. The van der Waals surface area contributed by atoms with Crippen molar-refractivity contribution in [2.45, 2.75) is 58.0 Å². The Kier molecular flexibility index (Phi) is 5.88. The van der Waals surface area contributed by atoms with Crippen molar-refractivity contribution in [2.75, 3.05) is 6.26 Å². The summed E-state index contributed by atoms with van der Waals surface area (Å²) in [5, 5.41) is 0. The van der Waals surface area contributed by atoms with E-state index in [1.165, 1.54) is 57.0 Å². The van der Waals surface area contributed by atoms with E-state index in [0.717, 1.165) is 5.92 Å². The predicted molar refractivity (Wildman–Crippen MR) is 59.9 cm³/mol. The van der Waals surface area contributed by atoms with Crippen LogP contribution in [0.1, 0.15) is 51.9 Å². The van der Waals surface area contributed by atoms with E-state index in [1.807, 2.05) is 6.26 Å². The van der Waals surface area contributed by atoms with Gasteiger partial charge in [0.05, 0.1) is 6.10 Å². The molecule has 13 heavy (non-hydrogen) atoms. The standard InChI is InChI=1S/C11H22OS/c1-10-6-3-4-8-11(12-13-2)9-5-7-10/h10-11H,3-9H2,1-2H3. The third kappa shape index (κ3) is 4.92. The first-order chi connectivity index (χ1) is 6.33. The first kappa shape index (κ1) is 11.4. The topological polar surface area (TPSA) is 9.23 Å². The first-order valence-electron chi connectivity index (χ1n) is 5.52. The number of hydrogen-bond acceptors (Lipinski definition) is 2. The Balaban J connectivity index is 2.25. The molecular weight excluding hydrogens is 180 g/mol. The summed E-state index contributed by atoms with van der Waals surface area (Å²) in [6.07, 6.45) is 12.0. The molecule has 1 fully saturated rings. The van der Waals surface area contributed by atoms with Gasteiger partial charge in [-0.1, -0.05) is 39.0 Å². The second-order valence-electron chi connectivity index (χ2n) is 4.21. The van der Waals surface area contributed by atoms with Crippen LogP contribution in [-0.4, -0.2) is 12.4 Å².